The lowest BCUT2D eigenvalue weighted by Crippen LogP contribution is -2.49. The number of hydrogen-bond donors (Lipinski definition) is 2. The van der Waals surface area contributed by atoms with Gasteiger partial charge in [0.2, 0.25) is 0 Å². The van der Waals surface area contributed by atoms with Gasteiger partial charge in [-0.1, -0.05) is 30.3 Å². The van der Waals surface area contributed by atoms with Gasteiger partial charge < -0.3 is 15.4 Å². The number of carbonyl (C=O) groups excluding carboxylic acids is 2. The zero-order chi connectivity index (χ0) is 15.8. The van der Waals surface area contributed by atoms with E-state index in [0.717, 1.165) is 23.5 Å². The van der Waals surface area contributed by atoms with Crippen LogP contribution in [0.4, 0.5) is 0 Å². The average molecular weight is 322 g/mol. The number of ether oxygens (including phenoxy) is 1. The third-order valence-corrected chi connectivity index (χ3v) is 5.04. The summed E-state index contributed by atoms with van der Waals surface area (Å²) in [6.45, 7) is 0.822. The van der Waals surface area contributed by atoms with Crippen LogP contribution in [-0.2, 0) is 20.7 Å². The Labute approximate surface area is 135 Å². The summed E-state index contributed by atoms with van der Waals surface area (Å²) in [6, 6.07) is 9.84. The monoisotopic (exact) mass is 322 g/mol. The molecule has 0 spiro atoms. The number of thioether (sulfide) groups is 1. The van der Waals surface area contributed by atoms with Gasteiger partial charge in [0.1, 0.15) is 0 Å². The van der Waals surface area contributed by atoms with Crippen molar-refractivity contribution in [3.8, 4) is 0 Å². The first kappa shape index (κ1) is 16.8. The van der Waals surface area contributed by atoms with Crippen LogP contribution in [0, 0.1) is 0 Å². The summed E-state index contributed by atoms with van der Waals surface area (Å²) in [5.74, 6) is 0.682. The van der Waals surface area contributed by atoms with Gasteiger partial charge in [-0.05, 0) is 24.2 Å². The van der Waals surface area contributed by atoms with Crippen LogP contribution in [0.25, 0.3) is 0 Å². The number of benzene rings is 1. The summed E-state index contributed by atoms with van der Waals surface area (Å²) in [6.07, 6.45) is 1.60. The number of nitrogens with one attached hydrogen (secondary N) is 2. The second-order valence-corrected chi connectivity index (χ2v) is 6.47. The minimum absolute atomic E-state index is 0.329. The summed E-state index contributed by atoms with van der Waals surface area (Å²) in [5, 5.41) is 5.32. The molecular formula is C16H22N2O3S. The molecule has 1 aliphatic heterocycles. The number of methoxy groups -OCH3 is 1. The molecule has 1 unspecified atom stereocenters. The SMILES string of the molecule is COC1(CNC(=O)C(=O)NCCc2ccccc2)CCSC1. The molecule has 2 rings (SSSR count). The quantitative estimate of drug-likeness (QED) is 0.766. The van der Waals surface area contributed by atoms with Crippen LogP contribution < -0.4 is 10.6 Å². The Kier molecular flexibility index (Phi) is 6.27. The Bertz CT molecular complexity index is 501. The van der Waals surface area contributed by atoms with E-state index in [2.05, 4.69) is 10.6 Å². The third kappa shape index (κ3) is 4.74. The van der Waals surface area contributed by atoms with Crippen molar-refractivity contribution >= 4 is 23.6 Å². The van der Waals surface area contributed by atoms with Crippen LogP contribution >= 0.6 is 11.8 Å². The van der Waals surface area contributed by atoms with Crippen LogP contribution in [-0.4, -0.2) is 49.1 Å². The zero-order valence-electron chi connectivity index (χ0n) is 12.8. The lowest BCUT2D eigenvalue weighted by molar-refractivity contribution is -0.139. The highest BCUT2D eigenvalue weighted by molar-refractivity contribution is 7.99. The molecule has 22 heavy (non-hydrogen) atoms. The number of hydrogen-bond acceptors (Lipinski definition) is 4. The highest BCUT2D eigenvalue weighted by Gasteiger charge is 2.35. The lowest BCUT2D eigenvalue weighted by atomic mass is 10.0. The van der Waals surface area contributed by atoms with Crippen molar-refractivity contribution in [2.75, 3.05) is 31.7 Å². The van der Waals surface area contributed by atoms with E-state index < -0.39 is 11.8 Å². The second kappa shape index (κ2) is 8.19. The molecule has 1 saturated heterocycles. The van der Waals surface area contributed by atoms with Crippen molar-refractivity contribution in [3.05, 3.63) is 35.9 Å². The predicted molar refractivity (Wildman–Crippen MR) is 87.8 cm³/mol. The van der Waals surface area contributed by atoms with Crippen molar-refractivity contribution in [1.29, 1.82) is 0 Å². The van der Waals surface area contributed by atoms with E-state index in [4.69, 9.17) is 4.74 Å². The molecule has 1 aromatic rings. The van der Waals surface area contributed by atoms with E-state index in [1.165, 1.54) is 0 Å². The summed E-state index contributed by atoms with van der Waals surface area (Å²) >= 11 is 1.80. The van der Waals surface area contributed by atoms with Gasteiger partial charge in [-0.2, -0.15) is 11.8 Å². The average Bonchev–Trinajstić information content (AvgIpc) is 3.03. The molecule has 1 aromatic carbocycles. The largest absolute Gasteiger partial charge is 0.376 e. The van der Waals surface area contributed by atoms with Gasteiger partial charge in [-0.25, -0.2) is 0 Å². The highest BCUT2D eigenvalue weighted by atomic mass is 32.2. The zero-order valence-corrected chi connectivity index (χ0v) is 13.6. The Morgan fingerprint density at radius 1 is 1.23 bits per heavy atom. The summed E-state index contributed by atoms with van der Waals surface area (Å²) < 4.78 is 5.50. The molecule has 5 nitrogen and oxygen atoms in total. The fraction of sp³-hybridized carbons (Fsp3) is 0.500. The summed E-state index contributed by atoms with van der Waals surface area (Å²) in [4.78, 5) is 23.6. The second-order valence-electron chi connectivity index (χ2n) is 5.36. The fourth-order valence-electron chi connectivity index (χ4n) is 2.33. The van der Waals surface area contributed by atoms with Crippen LogP contribution in [0.3, 0.4) is 0 Å². The van der Waals surface area contributed by atoms with E-state index in [0.29, 0.717) is 19.5 Å². The molecule has 1 atom stereocenters. The molecule has 1 fully saturated rings. The summed E-state index contributed by atoms with van der Waals surface area (Å²) in [5.41, 5.74) is 0.800. The minimum Gasteiger partial charge on any atom is -0.376 e. The number of amides is 2. The predicted octanol–water partition coefficient (Wildman–Crippen LogP) is 0.984. The molecule has 1 aliphatic rings. The Morgan fingerprint density at radius 2 is 1.95 bits per heavy atom. The van der Waals surface area contributed by atoms with Crippen molar-refractivity contribution in [1.82, 2.24) is 10.6 Å². The van der Waals surface area contributed by atoms with E-state index in [1.54, 1.807) is 18.9 Å². The van der Waals surface area contributed by atoms with Gasteiger partial charge in [0.15, 0.2) is 0 Å². The maximum atomic E-state index is 11.8. The molecular weight excluding hydrogens is 300 g/mol. The molecule has 2 amide bonds. The number of carbonyl (C=O) groups is 2. The highest BCUT2D eigenvalue weighted by Crippen LogP contribution is 2.30. The van der Waals surface area contributed by atoms with Crippen molar-refractivity contribution in [2.24, 2.45) is 0 Å². The van der Waals surface area contributed by atoms with Crippen LogP contribution in [0.2, 0.25) is 0 Å². The van der Waals surface area contributed by atoms with Crippen LogP contribution in [0.1, 0.15) is 12.0 Å². The number of rotatable bonds is 6. The molecule has 0 aromatic heterocycles. The molecule has 0 bridgehead atoms. The molecule has 0 aliphatic carbocycles. The maximum absolute atomic E-state index is 11.8. The van der Waals surface area contributed by atoms with Gasteiger partial charge in [0, 0.05) is 26.0 Å². The van der Waals surface area contributed by atoms with Gasteiger partial charge in [0.25, 0.3) is 0 Å². The van der Waals surface area contributed by atoms with E-state index in [-0.39, 0.29) is 5.60 Å². The topological polar surface area (TPSA) is 67.4 Å². The Hall–Kier alpha value is -1.53. The van der Waals surface area contributed by atoms with E-state index in [1.807, 2.05) is 30.3 Å². The van der Waals surface area contributed by atoms with Gasteiger partial charge >= 0.3 is 11.8 Å². The maximum Gasteiger partial charge on any atom is 0.309 e. The molecule has 120 valence electrons. The molecule has 0 radical (unpaired) electrons. The first-order valence-electron chi connectivity index (χ1n) is 7.38. The third-order valence-electron chi connectivity index (χ3n) is 3.82. The van der Waals surface area contributed by atoms with E-state index >= 15 is 0 Å². The molecule has 6 heteroatoms. The van der Waals surface area contributed by atoms with Gasteiger partial charge in [0.05, 0.1) is 5.60 Å². The first-order chi connectivity index (χ1) is 10.7. The lowest BCUT2D eigenvalue weighted by Gasteiger charge is -2.26. The Morgan fingerprint density at radius 3 is 2.59 bits per heavy atom. The first-order valence-corrected chi connectivity index (χ1v) is 8.53. The molecule has 2 N–H and O–H groups in total. The van der Waals surface area contributed by atoms with Gasteiger partial charge in [-0.3, -0.25) is 9.59 Å². The van der Waals surface area contributed by atoms with Gasteiger partial charge in [-0.15, -0.1) is 0 Å². The normalized spacial score (nSPS) is 20.6. The fourth-order valence-corrected chi connectivity index (χ4v) is 3.72. The summed E-state index contributed by atoms with van der Waals surface area (Å²) in [7, 11) is 1.65. The van der Waals surface area contributed by atoms with Crippen LogP contribution in [0.15, 0.2) is 30.3 Å². The van der Waals surface area contributed by atoms with E-state index in [9.17, 15) is 9.59 Å². The smallest absolute Gasteiger partial charge is 0.309 e. The van der Waals surface area contributed by atoms with Crippen molar-refractivity contribution in [3.63, 3.8) is 0 Å². The standard InChI is InChI=1S/C16H22N2O3S/c1-21-16(8-10-22-12-16)11-18-15(20)14(19)17-9-7-13-5-3-2-4-6-13/h2-6H,7-12H2,1H3,(H,17,19)(H,18,20). The Balaban J connectivity index is 1.69. The molecule has 1 heterocycles. The van der Waals surface area contributed by atoms with Crippen LogP contribution in [0.5, 0.6) is 0 Å². The van der Waals surface area contributed by atoms with Crippen molar-refractivity contribution < 1.29 is 14.3 Å². The minimum atomic E-state index is -0.596. The van der Waals surface area contributed by atoms with Crippen molar-refractivity contribution in [2.45, 2.75) is 18.4 Å². The molecule has 0 saturated carbocycles.